The summed E-state index contributed by atoms with van der Waals surface area (Å²) < 4.78 is 5.44. The SMILES string of the molecule is Cc1sc(C(=O)NCCOCC2CC2)cc1N. The molecule has 17 heavy (non-hydrogen) atoms. The Morgan fingerprint density at radius 3 is 3.00 bits per heavy atom. The van der Waals surface area contributed by atoms with Gasteiger partial charge in [-0.2, -0.15) is 0 Å². The molecular formula is C12H18N2O2S. The van der Waals surface area contributed by atoms with Crippen molar-refractivity contribution in [2.24, 2.45) is 5.92 Å². The van der Waals surface area contributed by atoms with Crippen molar-refractivity contribution in [3.05, 3.63) is 15.8 Å². The molecule has 0 atom stereocenters. The molecule has 94 valence electrons. The minimum atomic E-state index is -0.0650. The molecule has 1 saturated carbocycles. The topological polar surface area (TPSA) is 64.3 Å². The first-order chi connectivity index (χ1) is 8.16. The highest BCUT2D eigenvalue weighted by Crippen LogP contribution is 2.28. The molecule has 1 aliphatic carbocycles. The molecule has 0 bridgehead atoms. The first-order valence-corrected chi connectivity index (χ1v) is 6.70. The second-order valence-electron chi connectivity index (χ2n) is 4.40. The molecule has 0 aliphatic heterocycles. The maximum absolute atomic E-state index is 11.7. The minimum Gasteiger partial charge on any atom is -0.398 e. The number of carbonyl (C=O) groups excluding carboxylic acids is 1. The van der Waals surface area contributed by atoms with Crippen LogP contribution < -0.4 is 11.1 Å². The molecule has 0 aromatic carbocycles. The zero-order chi connectivity index (χ0) is 12.3. The number of amides is 1. The molecule has 1 amide bonds. The molecule has 0 saturated heterocycles. The Hall–Kier alpha value is -1.07. The molecule has 1 aliphatic rings. The number of ether oxygens (including phenoxy) is 1. The maximum atomic E-state index is 11.7. The molecular weight excluding hydrogens is 236 g/mol. The van der Waals surface area contributed by atoms with Crippen molar-refractivity contribution in [1.29, 1.82) is 0 Å². The van der Waals surface area contributed by atoms with Gasteiger partial charge in [0.1, 0.15) is 0 Å². The van der Waals surface area contributed by atoms with E-state index in [1.807, 2.05) is 6.92 Å². The third-order valence-electron chi connectivity index (χ3n) is 2.76. The summed E-state index contributed by atoms with van der Waals surface area (Å²) in [6.07, 6.45) is 2.58. The van der Waals surface area contributed by atoms with Crippen molar-refractivity contribution < 1.29 is 9.53 Å². The lowest BCUT2D eigenvalue weighted by Crippen LogP contribution is -2.26. The summed E-state index contributed by atoms with van der Waals surface area (Å²) in [4.78, 5) is 13.4. The summed E-state index contributed by atoms with van der Waals surface area (Å²) in [7, 11) is 0. The normalized spacial score (nSPS) is 14.9. The van der Waals surface area contributed by atoms with Gasteiger partial charge in [-0.25, -0.2) is 0 Å². The average molecular weight is 254 g/mol. The van der Waals surface area contributed by atoms with Gasteiger partial charge in [0, 0.05) is 23.7 Å². The summed E-state index contributed by atoms with van der Waals surface area (Å²) >= 11 is 1.42. The van der Waals surface area contributed by atoms with Crippen molar-refractivity contribution in [2.75, 3.05) is 25.5 Å². The van der Waals surface area contributed by atoms with Crippen LogP contribution in [0.1, 0.15) is 27.4 Å². The Morgan fingerprint density at radius 1 is 1.65 bits per heavy atom. The van der Waals surface area contributed by atoms with Gasteiger partial charge in [0.25, 0.3) is 5.91 Å². The lowest BCUT2D eigenvalue weighted by Gasteiger charge is -2.04. The van der Waals surface area contributed by atoms with E-state index in [0.29, 0.717) is 23.7 Å². The zero-order valence-corrected chi connectivity index (χ0v) is 10.8. The largest absolute Gasteiger partial charge is 0.398 e. The fourth-order valence-electron chi connectivity index (χ4n) is 1.47. The minimum absolute atomic E-state index is 0.0650. The highest BCUT2D eigenvalue weighted by atomic mass is 32.1. The van der Waals surface area contributed by atoms with E-state index in [9.17, 15) is 4.79 Å². The van der Waals surface area contributed by atoms with E-state index in [1.54, 1.807) is 6.07 Å². The second-order valence-corrected chi connectivity index (χ2v) is 5.65. The van der Waals surface area contributed by atoms with Crippen LogP contribution in [0.2, 0.25) is 0 Å². The van der Waals surface area contributed by atoms with E-state index < -0.39 is 0 Å². The fourth-order valence-corrected chi connectivity index (χ4v) is 2.32. The molecule has 1 fully saturated rings. The van der Waals surface area contributed by atoms with Gasteiger partial charge in [-0.3, -0.25) is 4.79 Å². The predicted octanol–water partition coefficient (Wildman–Crippen LogP) is 1.80. The fraction of sp³-hybridized carbons (Fsp3) is 0.583. The average Bonchev–Trinajstić information content (AvgIpc) is 3.05. The van der Waals surface area contributed by atoms with Crippen molar-refractivity contribution >= 4 is 22.9 Å². The van der Waals surface area contributed by atoms with Gasteiger partial charge >= 0.3 is 0 Å². The molecule has 2 rings (SSSR count). The molecule has 0 unspecified atom stereocenters. The molecule has 3 N–H and O–H groups in total. The third-order valence-corrected chi connectivity index (χ3v) is 3.83. The molecule has 5 heteroatoms. The zero-order valence-electron chi connectivity index (χ0n) is 9.99. The van der Waals surface area contributed by atoms with Gasteiger partial charge in [0.2, 0.25) is 0 Å². The number of nitrogens with two attached hydrogens (primary N) is 1. The highest BCUT2D eigenvalue weighted by molar-refractivity contribution is 7.14. The van der Waals surface area contributed by atoms with Crippen LogP contribution in [-0.4, -0.2) is 25.7 Å². The summed E-state index contributed by atoms with van der Waals surface area (Å²) in [5, 5.41) is 2.82. The summed E-state index contributed by atoms with van der Waals surface area (Å²) in [6, 6.07) is 1.72. The predicted molar refractivity (Wildman–Crippen MR) is 69.3 cm³/mol. The van der Waals surface area contributed by atoms with Crippen LogP contribution in [0, 0.1) is 12.8 Å². The lowest BCUT2D eigenvalue weighted by atomic mass is 10.3. The summed E-state index contributed by atoms with van der Waals surface area (Å²) in [5.74, 6) is 0.704. The maximum Gasteiger partial charge on any atom is 0.261 e. The van der Waals surface area contributed by atoms with Gasteiger partial charge < -0.3 is 15.8 Å². The van der Waals surface area contributed by atoms with Gasteiger partial charge in [-0.15, -0.1) is 11.3 Å². The number of nitrogen functional groups attached to an aromatic ring is 1. The number of hydrogen-bond acceptors (Lipinski definition) is 4. The van der Waals surface area contributed by atoms with E-state index in [2.05, 4.69) is 5.32 Å². The monoisotopic (exact) mass is 254 g/mol. The Bertz CT molecular complexity index is 380. The molecule has 4 nitrogen and oxygen atoms in total. The second kappa shape index (κ2) is 5.51. The lowest BCUT2D eigenvalue weighted by molar-refractivity contribution is 0.0910. The van der Waals surface area contributed by atoms with Crippen LogP contribution in [-0.2, 0) is 4.74 Å². The summed E-state index contributed by atoms with van der Waals surface area (Å²) in [5.41, 5.74) is 6.39. The first kappa shape index (κ1) is 12.4. The van der Waals surface area contributed by atoms with E-state index in [4.69, 9.17) is 10.5 Å². The molecule has 1 aromatic rings. The summed E-state index contributed by atoms with van der Waals surface area (Å²) in [6.45, 7) is 3.89. The van der Waals surface area contributed by atoms with Crippen LogP contribution in [0.15, 0.2) is 6.07 Å². The van der Waals surface area contributed by atoms with Crippen LogP contribution in [0.4, 0.5) is 5.69 Å². The number of thiophene rings is 1. The van der Waals surface area contributed by atoms with E-state index in [-0.39, 0.29) is 5.91 Å². The van der Waals surface area contributed by atoms with E-state index >= 15 is 0 Å². The first-order valence-electron chi connectivity index (χ1n) is 5.88. The molecule has 1 heterocycles. The van der Waals surface area contributed by atoms with Crippen molar-refractivity contribution in [2.45, 2.75) is 19.8 Å². The Labute approximate surface area is 105 Å². The number of rotatable bonds is 6. The number of aryl methyl sites for hydroxylation is 1. The van der Waals surface area contributed by atoms with E-state index in [1.165, 1.54) is 24.2 Å². The number of hydrogen-bond donors (Lipinski definition) is 2. The Balaban J connectivity index is 1.65. The van der Waals surface area contributed by atoms with Crippen LogP contribution in [0.3, 0.4) is 0 Å². The van der Waals surface area contributed by atoms with E-state index in [0.717, 1.165) is 17.4 Å². The highest BCUT2D eigenvalue weighted by Gasteiger charge is 2.20. The van der Waals surface area contributed by atoms with Crippen LogP contribution in [0.25, 0.3) is 0 Å². The standard InChI is InChI=1S/C12H18N2O2S/c1-8-10(13)6-11(17-8)12(15)14-4-5-16-7-9-2-3-9/h6,9H,2-5,7,13H2,1H3,(H,14,15). The van der Waals surface area contributed by atoms with Gasteiger partial charge in [0.15, 0.2) is 0 Å². The smallest absolute Gasteiger partial charge is 0.261 e. The van der Waals surface area contributed by atoms with Gasteiger partial charge in [-0.05, 0) is 31.7 Å². The van der Waals surface area contributed by atoms with Crippen molar-refractivity contribution in [1.82, 2.24) is 5.32 Å². The number of anilines is 1. The molecule has 0 radical (unpaired) electrons. The molecule has 1 aromatic heterocycles. The Kier molecular flexibility index (Phi) is 4.02. The van der Waals surface area contributed by atoms with Crippen LogP contribution in [0.5, 0.6) is 0 Å². The number of carbonyl (C=O) groups is 1. The quantitative estimate of drug-likeness (QED) is 0.761. The Morgan fingerprint density at radius 2 is 2.41 bits per heavy atom. The number of nitrogens with one attached hydrogen (secondary N) is 1. The van der Waals surface area contributed by atoms with Crippen molar-refractivity contribution in [3.8, 4) is 0 Å². The molecule has 0 spiro atoms. The van der Waals surface area contributed by atoms with Crippen LogP contribution >= 0.6 is 11.3 Å². The third kappa shape index (κ3) is 3.71. The van der Waals surface area contributed by atoms with Crippen molar-refractivity contribution in [3.63, 3.8) is 0 Å². The van der Waals surface area contributed by atoms with Gasteiger partial charge in [-0.1, -0.05) is 0 Å². The van der Waals surface area contributed by atoms with Gasteiger partial charge in [0.05, 0.1) is 11.5 Å².